The van der Waals surface area contributed by atoms with Crippen LogP contribution in [0.25, 0.3) is 21.3 Å². The van der Waals surface area contributed by atoms with Crippen LogP contribution in [0.2, 0.25) is 0 Å². The van der Waals surface area contributed by atoms with E-state index in [1.54, 1.807) is 4.90 Å². The summed E-state index contributed by atoms with van der Waals surface area (Å²) in [7, 11) is 1.92. The molecule has 1 saturated heterocycles. The van der Waals surface area contributed by atoms with E-state index in [2.05, 4.69) is 16.4 Å². The molecule has 0 saturated carbocycles. The number of carbonyl (C=O) groups excluding carboxylic acids is 2. The zero-order chi connectivity index (χ0) is 23.8. The standard InChI is InChI=1S/C26H26N4O3S/c1-16-6-4-8-19(14-16)24-22(28-17(2)34-24)26(32)30-12-13-33-21(30)15-27-25(31)20-9-5-7-18-10-11-29(3)23(18)20/h4-11,14,21H,12-13,15H2,1-3H3,(H,27,31). The van der Waals surface area contributed by atoms with E-state index in [4.69, 9.17) is 4.74 Å². The highest BCUT2D eigenvalue weighted by molar-refractivity contribution is 7.15. The van der Waals surface area contributed by atoms with Gasteiger partial charge in [-0.3, -0.25) is 9.59 Å². The highest BCUT2D eigenvalue weighted by Gasteiger charge is 2.33. The van der Waals surface area contributed by atoms with Crippen molar-refractivity contribution in [3.63, 3.8) is 0 Å². The number of fused-ring (bicyclic) bond motifs is 1. The average molecular weight is 475 g/mol. The smallest absolute Gasteiger partial charge is 0.276 e. The quantitative estimate of drug-likeness (QED) is 0.472. The van der Waals surface area contributed by atoms with Gasteiger partial charge in [0.25, 0.3) is 11.8 Å². The van der Waals surface area contributed by atoms with Crippen molar-refractivity contribution in [1.82, 2.24) is 19.8 Å². The molecule has 4 aromatic rings. The van der Waals surface area contributed by atoms with Gasteiger partial charge in [0.2, 0.25) is 0 Å². The van der Waals surface area contributed by atoms with Crippen molar-refractivity contribution in [3.8, 4) is 10.4 Å². The molecule has 34 heavy (non-hydrogen) atoms. The lowest BCUT2D eigenvalue weighted by Gasteiger charge is -2.23. The van der Waals surface area contributed by atoms with Gasteiger partial charge >= 0.3 is 0 Å². The Bertz CT molecular complexity index is 1390. The molecule has 1 N–H and O–H groups in total. The fourth-order valence-electron chi connectivity index (χ4n) is 4.43. The Kier molecular flexibility index (Phi) is 5.93. The van der Waals surface area contributed by atoms with E-state index >= 15 is 0 Å². The molecule has 174 valence electrons. The highest BCUT2D eigenvalue weighted by Crippen LogP contribution is 2.32. The first-order chi connectivity index (χ1) is 16.4. The number of nitrogens with one attached hydrogen (secondary N) is 1. The van der Waals surface area contributed by atoms with Crippen LogP contribution in [-0.4, -0.2) is 52.2 Å². The molecule has 2 aromatic heterocycles. The van der Waals surface area contributed by atoms with E-state index in [-0.39, 0.29) is 18.4 Å². The number of aromatic nitrogens is 2. The summed E-state index contributed by atoms with van der Waals surface area (Å²) < 4.78 is 7.76. The van der Waals surface area contributed by atoms with Gasteiger partial charge in [-0.15, -0.1) is 11.3 Å². The maximum atomic E-state index is 13.5. The number of thiazole rings is 1. The molecule has 0 bridgehead atoms. The number of para-hydroxylation sites is 1. The van der Waals surface area contributed by atoms with E-state index in [9.17, 15) is 9.59 Å². The molecule has 1 aliphatic rings. The second kappa shape index (κ2) is 9.04. The van der Waals surface area contributed by atoms with E-state index in [0.29, 0.717) is 24.4 Å². The maximum Gasteiger partial charge on any atom is 0.276 e. The Morgan fingerprint density at radius 2 is 2.00 bits per heavy atom. The van der Waals surface area contributed by atoms with E-state index in [1.165, 1.54) is 11.3 Å². The van der Waals surface area contributed by atoms with Crippen LogP contribution in [0.15, 0.2) is 54.7 Å². The van der Waals surface area contributed by atoms with E-state index < -0.39 is 6.23 Å². The predicted molar refractivity (Wildman–Crippen MR) is 133 cm³/mol. The Balaban J connectivity index is 1.34. The van der Waals surface area contributed by atoms with Crippen molar-refractivity contribution < 1.29 is 14.3 Å². The molecule has 7 nitrogen and oxygen atoms in total. The number of aryl methyl sites for hydroxylation is 3. The SMILES string of the molecule is Cc1cccc(-c2sc(C)nc2C(=O)N2CCOC2CNC(=O)c2cccc3ccn(C)c23)c1. The van der Waals surface area contributed by atoms with Crippen LogP contribution < -0.4 is 5.32 Å². The van der Waals surface area contributed by atoms with Crippen LogP contribution in [0.4, 0.5) is 0 Å². The molecular formula is C26H26N4O3S. The first-order valence-corrected chi connectivity index (χ1v) is 12.0. The van der Waals surface area contributed by atoms with Gasteiger partial charge in [0.1, 0.15) is 11.9 Å². The lowest BCUT2D eigenvalue weighted by atomic mass is 10.1. The van der Waals surface area contributed by atoms with Gasteiger partial charge < -0.3 is 19.5 Å². The van der Waals surface area contributed by atoms with Gasteiger partial charge in [-0.1, -0.05) is 42.0 Å². The van der Waals surface area contributed by atoms with Crippen LogP contribution in [0.5, 0.6) is 0 Å². The second-order valence-corrected chi connectivity index (χ2v) is 9.69. The van der Waals surface area contributed by atoms with Crippen molar-refractivity contribution in [3.05, 3.63) is 76.6 Å². The lowest BCUT2D eigenvalue weighted by Crippen LogP contribution is -2.44. The minimum Gasteiger partial charge on any atom is -0.355 e. The van der Waals surface area contributed by atoms with Crippen molar-refractivity contribution in [2.24, 2.45) is 7.05 Å². The molecule has 5 rings (SSSR count). The van der Waals surface area contributed by atoms with Gasteiger partial charge in [0, 0.05) is 25.2 Å². The van der Waals surface area contributed by atoms with Gasteiger partial charge in [0.05, 0.1) is 34.1 Å². The number of amides is 2. The summed E-state index contributed by atoms with van der Waals surface area (Å²) in [5, 5.41) is 4.80. The van der Waals surface area contributed by atoms with Gasteiger partial charge in [-0.05, 0) is 31.5 Å². The van der Waals surface area contributed by atoms with Crippen molar-refractivity contribution in [1.29, 1.82) is 0 Å². The van der Waals surface area contributed by atoms with Crippen LogP contribution in [0.1, 0.15) is 31.4 Å². The Labute approximate surface area is 202 Å². The van der Waals surface area contributed by atoms with Crippen molar-refractivity contribution >= 4 is 34.1 Å². The van der Waals surface area contributed by atoms with Crippen LogP contribution in [-0.2, 0) is 11.8 Å². The molecule has 0 spiro atoms. The highest BCUT2D eigenvalue weighted by atomic mass is 32.1. The third-order valence-electron chi connectivity index (χ3n) is 6.05. The second-order valence-electron chi connectivity index (χ2n) is 8.48. The molecule has 2 amide bonds. The maximum absolute atomic E-state index is 13.5. The van der Waals surface area contributed by atoms with Crippen LogP contribution in [0.3, 0.4) is 0 Å². The Morgan fingerprint density at radius 3 is 2.82 bits per heavy atom. The summed E-state index contributed by atoms with van der Waals surface area (Å²) in [4.78, 5) is 33.6. The number of nitrogens with zero attached hydrogens (tertiary/aromatic N) is 3. The third-order valence-corrected chi connectivity index (χ3v) is 7.07. The normalized spacial score (nSPS) is 15.7. The summed E-state index contributed by atoms with van der Waals surface area (Å²) in [5.41, 5.74) is 4.01. The number of rotatable bonds is 5. The summed E-state index contributed by atoms with van der Waals surface area (Å²) in [5.74, 6) is -0.373. The van der Waals surface area contributed by atoms with E-state index in [1.807, 2.05) is 74.1 Å². The first-order valence-electron chi connectivity index (χ1n) is 11.2. The molecule has 8 heteroatoms. The summed E-state index contributed by atoms with van der Waals surface area (Å²) in [6.07, 6.45) is 1.39. The molecule has 0 aliphatic carbocycles. The zero-order valence-corrected chi connectivity index (χ0v) is 20.2. The summed E-state index contributed by atoms with van der Waals surface area (Å²) >= 11 is 1.51. The van der Waals surface area contributed by atoms with Crippen molar-refractivity contribution in [2.45, 2.75) is 20.1 Å². The minimum atomic E-state index is -0.545. The number of hydrogen-bond acceptors (Lipinski definition) is 5. The van der Waals surface area contributed by atoms with Crippen molar-refractivity contribution in [2.75, 3.05) is 19.7 Å². The molecular weight excluding hydrogens is 448 g/mol. The minimum absolute atomic E-state index is 0.179. The van der Waals surface area contributed by atoms with Gasteiger partial charge in [-0.25, -0.2) is 4.98 Å². The molecule has 1 fully saturated rings. The number of carbonyl (C=O) groups is 2. The fraction of sp³-hybridized carbons (Fsp3) is 0.269. The predicted octanol–water partition coefficient (Wildman–Crippen LogP) is 4.15. The van der Waals surface area contributed by atoms with E-state index in [0.717, 1.165) is 31.9 Å². The van der Waals surface area contributed by atoms with Gasteiger partial charge in [-0.2, -0.15) is 0 Å². The Hall–Kier alpha value is -3.49. The molecule has 3 heterocycles. The molecule has 2 aromatic carbocycles. The van der Waals surface area contributed by atoms with Gasteiger partial charge in [0.15, 0.2) is 0 Å². The number of ether oxygens (including phenoxy) is 1. The third kappa shape index (κ3) is 4.10. The topological polar surface area (TPSA) is 76.5 Å². The first kappa shape index (κ1) is 22.3. The number of benzene rings is 2. The zero-order valence-electron chi connectivity index (χ0n) is 19.4. The monoisotopic (exact) mass is 474 g/mol. The summed E-state index contributed by atoms with van der Waals surface area (Å²) in [6, 6.07) is 15.7. The fourth-order valence-corrected chi connectivity index (χ4v) is 5.33. The molecule has 1 unspecified atom stereocenters. The molecule has 1 aliphatic heterocycles. The van der Waals surface area contributed by atoms with Crippen LogP contribution >= 0.6 is 11.3 Å². The summed E-state index contributed by atoms with van der Waals surface area (Å²) in [6.45, 7) is 5.01. The number of hydrogen-bond donors (Lipinski definition) is 1. The van der Waals surface area contributed by atoms with Crippen LogP contribution in [0, 0.1) is 13.8 Å². The Morgan fingerprint density at radius 1 is 1.18 bits per heavy atom. The molecule has 1 atom stereocenters. The largest absolute Gasteiger partial charge is 0.355 e. The average Bonchev–Trinajstić information content (AvgIpc) is 3.55. The lowest BCUT2D eigenvalue weighted by molar-refractivity contribution is 0.0277. The molecule has 0 radical (unpaired) electrons.